The van der Waals surface area contributed by atoms with Gasteiger partial charge in [0.2, 0.25) is 0 Å². The molecule has 5 nitrogen and oxygen atoms in total. The third-order valence-corrected chi connectivity index (χ3v) is 3.89. The van der Waals surface area contributed by atoms with Gasteiger partial charge in [0.15, 0.2) is 0 Å². The van der Waals surface area contributed by atoms with Gasteiger partial charge in [-0.25, -0.2) is 4.79 Å². The highest BCUT2D eigenvalue weighted by atomic mass is 16.5. The molecule has 1 aromatic carbocycles. The van der Waals surface area contributed by atoms with Gasteiger partial charge in [0, 0.05) is 25.2 Å². The molecular formula is C17H26N2O3. The van der Waals surface area contributed by atoms with Gasteiger partial charge in [0.25, 0.3) is 0 Å². The second kappa shape index (κ2) is 9.30. The van der Waals surface area contributed by atoms with E-state index in [0.717, 1.165) is 31.5 Å². The van der Waals surface area contributed by atoms with Crippen LogP contribution >= 0.6 is 0 Å². The number of para-hydroxylation sites is 1. The smallest absolute Gasteiger partial charge is 0.317 e. The lowest BCUT2D eigenvalue weighted by atomic mass is 10.1. The van der Waals surface area contributed by atoms with Crippen molar-refractivity contribution in [2.45, 2.75) is 38.6 Å². The molecule has 0 bridgehead atoms. The molecule has 0 unspecified atom stereocenters. The zero-order valence-electron chi connectivity index (χ0n) is 13.1. The number of aliphatic hydroxyl groups excluding tert-OH is 1. The number of amides is 2. The van der Waals surface area contributed by atoms with Crippen molar-refractivity contribution in [3.63, 3.8) is 0 Å². The Morgan fingerprint density at radius 1 is 1.14 bits per heavy atom. The lowest BCUT2D eigenvalue weighted by Crippen LogP contribution is -2.41. The van der Waals surface area contributed by atoms with E-state index in [0.29, 0.717) is 12.3 Å². The predicted molar refractivity (Wildman–Crippen MR) is 85.9 cm³/mol. The maximum absolute atomic E-state index is 12.3. The van der Waals surface area contributed by atoms with E-state index in [1.165, 1.54) is 19.3 Å². The SMILES string of the molecule is O=C(NCc1ccccc1OCCO)N1CCCCCCC1. The van der Waals surface area contributed by atoms with Gasteiger partial charge in [-0.05, 0) is 18.9 Å². The van der Waals surface area contributed by atoms with Crippen LogP contribution in [0.3, 0.4) is 0 Å². The molecule has 1 aliphatic heterocycles. The topological polar surface area (TPSA) is 61.8 Å². The highest BCUT2D eigenvalue weighted by Crippen LogP contribution is 2.18. The monoisotopic (exact) mass is 306 g/mol. The fourth-order valence-corrected chi connectivity index (χ4v) is 2.68. The summed E-state index contributed by atoms with van der Waals surface area (Å²) >= 11 is 0. The average Bonchev–Trinajstić information content (AvgIpc) is 2.51. The number of ether oxygens (including phenoxy) is 1. The van der Waals surface area contributed by atoms with E-state index in [9.17, 15) is 4.79 Å². The molecule has 2 N–H and O–H groups in total. The molecule has 2 rings (SSSR count). The highest BCUT2D eigenvalue weighted by Gasteiger charge is 2.14. The van der Waals surface area contributed by atoms with E-state index in [4.69, 9.17) is 9.84 Å². The van der Waals surface area contributed by atoms with Crippen LogP contribution in [0, 0.1) is 0 Å². The van der Waals surface area contributed by atoms with Gasteiger partial charge in [-0.3, -0.25) is 0 Å². The molecule has 0 saturated carbocycles. The summed E-state index contributed by atoms with van der Waals surface area (Å²) in [6.45, 7) is 2.37. The summed E-state index contributed by atoms with van der Waals surface area (Å²) in [6, 6.07) is 7.59. The summed E-state index contributed by atoms with van der Waals surface area (Å²) < 4.78 is 5.49. The number of hydrogen-bond acceptors (Lipinski definition) is 3. The Hall–Kier alpha value is -1.75. The summed E-state index contributed by atoms with van der Waals surface area (Å²) in [5.74, 6) is 0.713. The van der Waals surface area contributed by atoms with Crippen molar-refractivity contribution >= 4 is 6.03 Å². The van der Waals surface area contributed by atoms with Crippen LogP contribution in [0.25, 0.3) is 0 Å². The normalized spacial score (nSPS) is 15.8. The molecule has 1 aliphatic rings. The van der Waals surface area contributed by atoms with Crippen LogP contribution < -0.4 is 10.1 Å². The van der Waals surface area contributed by atoms with Crippen LogP contribution in [0.5, 0.6) is 5.75 Å². The Kier molecular flexibility index (Phi) is 7.03. The molecule has 22 heavy (non-hydrogen) atoms. The number of nitrogens with zero attached hydrogens (tertiary/aromatic N) is 1. The van der Waals surface area contributed by atoms with Crippen LogP contribution in [-0.2, 0) is 6.54 Å². The first kappa shape index (κ1) is 16.6. The molecule has 1 saturated heterocycles. The third kappa shape index (κ3) is 5.22. The Labute approximate surface area is 132 Å². The summed E-state index contributed by atoms with van der Waals surface area (Å²) in [5.41, 5.74) is 0.927. The van der Waals surface area contributed by atoms with E-state index in [2.05, 4.69) is 5.32 Å². The van der Waals surface area contributed by atoms with Gasteiger partial charge in [-0.15, -0.1) is 0 Å². The molecule has 0 atom stereocenters. The molecule has 1 aromatic rings. The summed E-state index contributed by atoms with van der Waals surface area (Å²) in [6.07, 6.45) is 5.88. The predicted octanol–water partition coefficient (Wildman–Crippen LogP) is 2.53. The van der Waals surface area contributed by atoms with Gasteiger partial charge in [-0.2, -0.15) is 0 Å². The van der Waals surface area contributed by atoms with Crippen molar-refractivity contribution in [3.05, 3.63) is 29.8 Å². The summed E-state index contributed by atoms with van der Waals surface area (Å²) in [7, 11) is 0. The lowest BCUT2D eigenvalue weighted by molar-refractivity contribution is 0.190. The van der Waals surface area contributed by atoms with Crippen LogP contribution in [0.4, 0.5) is 4.79 Å². The zero-order chi connectivity index (χ0) is 15.6. The van der Waals surface area contributed by atoms with Crippen LogP contribution in [-0.4, -0.2) is 42.3 Å². The first-order chi connectivity index (χ1) is 10.8. The van der Waals surface area contributed by atoms with Crippen molar-refractivity contribution in [2.24, 2.45) is 0 Å². The molecule has 122 valence electrons. The lowest BCUT2D eigenvalue weighted by Gasteiger charge is -2.25. The third-order valence-electron chi connectivity index (χ3n) is 3.89. The Morgan fingerprint density at radius 2 is 1.82 bits per heavy atom. The fraction of sp³-hybridized carbons (Fsp3) is 0.588. The van der Waals surface area contributed by atoms with E-state index in [-0.39, 0.29) is 19.2 Å². The van der Waals surface area contributed by atoms with Gasteiger partial charge >= 0.3 is 6.03 Å². The second-order valence-electron chi connectivity index (χ2n) is 5.59. The number of benzene rings is 1. The number of carbonyl (C=O) groups excluding carboxylic acids is 1. The number of carbonyl (C=O) groups is 1. The molecule has 1 heterocycles. The molecule has 1 fully saturated rings. The van der Waals surface area contributed by atoms with Crippen molar-refractivity contribution in [1.29, 1.82) is 0 Å². The number of likely N-dealkylation sites (tertiary alicyclic amines) is 1. The largest absolute Gasteiger partial charge is 0.491 e. The van der Waals surface area contributed by atoms with Crippen molar-refractivity contribution in [1.82, 2.24) is 10.2 Å². The fourth-order valence-electron chi connectivity index (χ4n) is 2.68. The van der Waals surface area contributed by atoms with Crippen LogP contribution in [0.15, 0.2) is 24.3 Å². The zero-order valence-corrected chi connectivity index (χ0v) is 13.1. The Bertz CT molecular complexity index is 457. The molecule has 5 heteroatoms. The van der Waals surface area contributed by atoms with Crippen molar-refractivity contribution in [3.8, 4) is 5.75 Å². The maximum atomic E-state index is 12.3. The van der Waals surface area contributed by atoms with Gasteiger partial charge < -0.3 is 20.1 Å². The van der Waals surface area contributed by atoms with Gasteiger partial charge in [0.05, 0.1) is 6.61 Å². The molecule has 0 radical (unpaired) electrons. The van der Waals surface area contributed by atoms with E-state index in [1.807, 2.05) is 29.2 Å². The standard InChI is InChI=1S/C17H26N2O3/c20-12-13-22-16-9-5-4-8-15(16)14-18-17(21)19-10-6-2-1-3-7-11-19/h4-5,8-9,20H,1-3,6-7,10-14H2,(H,18,21). The van der Waals surface area contributed by atoms with Crippen molar-refractivity contribution in [2.75, 3.05) is 26.3 Å². The minimum absolute atomic E-state index is 0.00105. The average molecular weight is 306 g/mol. The molecule has 0 spiro atoms. The first-order valence-corrected chi connectivity index (χ1v) is 8.15. The number of nitrogens with one attached hydrogen (secondary N) is 1. The van der Waals surface area contributed by atoms with Gasteiger partial charge in [0.1, 0.15) is 12.4 Å². The Balaban J connectivity index is 1.87. The Morgan fingerprint density at radius 3 is 2.55 bits per heavy atom. The number of urea groups is 1. The summed E-state index contributed by atoms with van der Waals surface area (Å²) in [5, 5.41) is 11.8. The van der Waals surface area contributed by atoms with Crippen LogP contribution in [0.2, 0.25) is 0 Å². The number of rotatable bonds is 5. The minimum Gasteiger partial charge on any atom is -0.491 e. The quantitative estimate of drug-likeness (QED) is 0.879. The number of aliphatic hydroxyl groups is 1. The highest BCUT2D eigenvalue weighted by molar-refractivity contribution is 5.74. The van der Waals surface area contributed by atoms with E-state index >= 15 is 0 Å². The first-order valence-electron chi connectivity index (χ1n) is 8.15. The van der Waals surface area contributed by atoms with Crippen LogP contribution in [0.1, 0.15) is 37.7 Å². The summed E-state index contributed by atoms with van der Waals surface area (Å²) in [4.78, 5) is 14.2. The molecule has 0 aliphatic carbocycles. The molecule has 2 amide bonds. The minimum atomic E-state index is -0.0194. The number of hydrogen-bond donors (Lipinski definition) is 2. The molecule has 0 aromatic heterocycles. The molecular weight excluding hydrogens is 280 g/mol. The van der Waals surface area contributed by atoms with E-state index in [1.54, 1.807) is 0 Å². The second-order valence-corrected chi connectivity index (χ2v) is 5.59. The van der Waals surface area contributed by atoms with Crippen molar-refractivity contribution < 1.29 is 14.6 Å². The van der Waals surface area contributed by atoms with Gasteiger partial charge in [-0.1, -0.05) is 37.5 Å². The van der Waals surface area contributed by atoms with E-state index < -0.39 is 0 Å². The maximum Gasteiger partial charge on any atom is 0.317 e.